The summed E-state index contributed by atoms with van der Waals surface area (Å²) in [5, 5.41) is 2.63. The topological polar surface area (TPSA) is 61.9 Å². The molecule has 0 aliphatic carbocycles. The van der Waals surface area contributed by atoms with Crippen molar-refractivity contribution >= 4 is 23.2 Å². The molecule has 0 aromatic heterocycles. The average molecular weight is 498 g/mol. The zero-order valence-electron chi connectivity index (χ0n) is 19.7. The fourth-order valence-electron chi connectivity index (χ4n) is 4.04. The third kappa shape index (κ3) is 6.16. The largest absolute Gasteiger partial charge is 0.497 e. The van der Waals surface area contributed by atoms with E-state index in [0.717, 1.165) is 29.1 Å². The molecule has 3 aromatic rings. The van der Waals surface area contributed by atoms with Gasteiger partial charge >= 0.3 is 6.18 Å². The van der Waals surface area contributed by atoms with E-state index in [2.05, 4.69) is 10.2 Å². The lowest BCUT2D eigenvalue weighted by molar-refractivity contribution is -0.137. The van der Waals surface area contributed by atoms with E-state index in [-0.39, 0.29) is 11.5 Å². The van der Waals surface area contributed by atoms with Crippen LogP contribution in [0.25, 0.3) is 0 Å². The Kier molecular flexibility index (Phi) is 7.47. The molecule has 0 radical (unpaired) electrons. The van der Waals surface area contributed by atoms with Crippen molar-refractivity contribution in [3.63, 3.8) is 0 Å². The van der Waals surface area contributed by atoms with E-state index in [1.54, 1.807) is 19.2 Å². The number of rotatable bonds is 6. The third-order valence-corrected chi connectivity index (χ3v) is 6.09. The summed E-state index contributed by atoms with van der Waals surface area (Å²) in [7, 11) is 1.60. The second kappa shape index (κ2) is 10.7. The van der Waals surface area contributed by atoms with Crippen LogP contribution >= 0.6 is 0 Å². The van der Waals surface area contributed by atoms with Crippen molar-refractivity contribution < 1.29 is 27.5 Å². The molecule has 1 aliphatic heterocycles. The van der Waals surface area contributed by atoms with Gasteiger partial charge < -0.3 is 19.9 Å². The molecule has 1 heterocycles. The number of hydrogen-bond acceptors (Lipinski definition) is 4. The summed E-state index contributed by atoms with van der Waals surface area (Å²) in [6.45, 7) is 2.54. The Balaban J connectivity index is 1.29. The maximum Gasteiger partial charge on any atom is 0.416 e. The van der Waals surface area contributed by atoms with Crippen molar-refractivity contribution in [3.05, 3.63) is 89.5 Å². The van der Waals surface area contributed by atoms with Crippen molar-refractivity contribution in [3.8, 4) is 5.75 Å². The maximum atomic E-state index is 12.9. The maximum absolute atomic E-state index is 12.9. The molecule has 0 atom stereocenters. The van der Waals surface area contributed by atoms with Gasteiger partial charge in [0.2, 0.25) is 5.91 Å². The Morgan fingerprint density at radius 2 is 1.58 bits per heavy atom. The van der Waals surface area contributed by atoms with E-state index >= 15 is 0 Å². The molecule has 3 aromatic carbocycles. The lowest BCUT2D eigenvalue weighted by Crippen LogP contribution is -2.49. The molecule has 0 unspecified atom stereocenters. The van der Waals surface area contributed by atoms with Crippen LogP contribution < -0.4 is 15.0 Å². The van der Waals surface area contributed by atoms with E-state index in [4.69, 9.17) is 4.74 Å². The van der Waals surface area contributed by atoms with E-state index in [0.29, 0.717) is 38.3 Å². The quantitative estimate of drug-likeness (QED) is 0.529. The van der Waals surface area contributed by atoms with Gasteiger partial charge in [0.05, 0.1) is 19.1 Å². The molecule has 6 nitrogen and oxygen atoms in total. The Labute approximate surface area is 207 Å². The van der Waals surface area contributed by atoms with Gasteiger partial charge in [-0.1, -0.05) is 18.2 Å². The predicted octanol–water partition coefficient (Wildman–Crippen LogP) is 4.86. The van der Waals surface area contributed by atoms with Crippen molar-refractivity contribution in [2.45, 2.75) is 12.6 Å². The van der Waals surface area contributed by atoms with Gasteiger partial charge in [0, 0.05) is 43.1 Å². The number of alkyl halides is 3. The number of methoxy groups -OCH3 is 1. The number of nitrogens with one attached hydrogen (secondary N) is 1. The molecule has 1 fully saturated rings. The van der Waals surface area contributed by atoms with Gasteiger partial charge in [0.25, 0.3) is 5.91 Å². The highest BCUT2D eigenvalue weighted by Gasteiger charge is 2.31. The van der Waals surface area contributed by atoms with E-state index < -0.39 is 17.6 Å². The van der Waals surface area contributed by atoms with Crippen LogP contribution in [0.5, 0.6) is 5.75 Å². The van der Waals surface area contributed by atoms with E-state index in [1.807, 2.05) is 41.3 Å². The summed E-state index contributed by atoms with van der Waals surface area (Å²) in [5.74, 6) is 0.214. The number of halogens is 3. The smallest absolute Gasteiger partial charge is 0.416 e. The predicted molar refractivity (Wildman–Crippen MR) is 131 cm³/mol. The fourth-order valence-corrected chi connectivity index (χ4v) is 4.04. The van der Waals surface area contributed by atoms with Crippen molar-refractivity contribution in [2.24, 2.45) is 0 Å². The highest BCUT2D eigenvalue weighted by molar-refractivity contribution is 6.04. The molecule has 1 aliphatic rings. The summed E-state index contributed by atoms with van der Waals surface area (Å²) in [6, 6.07) is 18.9. The number of ether oxygens (including phenoxy) is 1. The lowest BCUT2D eigenvalue weighted by Gasteiger charge is -2.36. The first-order chi connectivity index (χ1) is 17.2. The molecule has 2 amide bonds. The third-order valence-electron chi connectivity index (χ3n) is 6.09. The van der Waals surface area contributed by atoms with Gasteiger partial charge in [-0.05, 0) is 60.2 Å². The first kappa shape index (κ1) is 25.1. The molecule has 9 heteroatoms. The Morgan fingerprint density at radius 3 is 2.19 bits per heavy atom. The van der Waals surface area contributed by atoms with Crippen LogP contribution in [-0.4, -0.2) is 50.0 Å². The monoisotopic (exact) mass is 497 g/mol. The van der Waals surface area contributed by atoms with Gasteiger partial charge in [0.1, 0.15) is 5.75 Å². The highest BCUT2D eigenvalue weighted by atomic mass is 19.4. The number of carbonyl (C=O) groups excluding carboxylic acids is 2. The van der Waals surface area contributed by atoms with Crippen LogP contribution in [0, 0.1) is 0 Å². The number of hydrogen-bond donors (Lipinski definition) is 1. The lowest BCUT2D eigenvalue weighted by atomic mass is 10.1. The number of benzene rings is 3. The first-order valence-electron chi connectivity index (χ1n) is 11.5. The Bertz CT molecular complexity index is 1200. The minimum absolute atomic E-state index is 0.0654. The van der Waals surface area contributed by atoms with E-state index in [9.17, 15) is 22.8 Å². The second-order valence-corrected chi connectivity index (χ2v) is 8.47. The van der Waals surface area contributed by atoms with Crippen LogP contribution in [-0.2, 0) is 17.4 Å². The summed E-state index contributed by atoms with van der Waals surface area (Å²) in [5.41, 5.74) is 1.42. The summed E-state index contributed by atoms with van der Waals surface area (Å²) >= 11 is 0. The standard InChI is InChI=1S/C27H26F3N3O3/c1-36-24-11-5-19(6-12-24)17-25(34)33-15-13-32(14-16-33)23-9-7-22(8-10-23)31-26(35)20-3-2-4-21(18-20)27(28,29)30/h2-12,18H,13-17H2,1H3,(H,31,35). The zero-order valence-corrected chi connectivity index (χ0v) is 19.7. The summed E-state index contributed by atoms with van der Waals surface area (Å²) in [4.78, 5) is 29.1. The van der Waals surface area contributed by atoms with Gasteiger partial charge in [0.15, 0.2) is 0 Å². The number of nitrogens with zero attached hydrogens (tertiary/aromatic N) is 2. The van der Waals surface area contributed by atoms with Crippen LogP contribution in [0.1, 0.15) is 21.5 Å². The molecule has 1 N–H and O–H groups in total. The second-order valence-electron chi connectivity index (χ2n) is 8.47. The van der Waals surface area contributed by atoms with Gasteiger partial charge in [-0.25, -0.2) is 0 Å². The van der Waals surface area contributed by atoms with Gasteiger partial charge in [-0.15, -0.1) is 0 Å². The van der Waals surface area contributed by atoms with Crippen molar-refractivity contribution in [1.82, 2.24) is 4.90 Å². The molecule has 0 bridgehead atoms. The number of carbonyl (C=O) groups is 2. The van der Waals surface area contributed by atoms with Crippen LogP contribution in [0.15, 0.2) is 72.8 Å². The van der Waals surface area contributed by atoms with Gasteiger partial charge in [-0.3, -0.25) is 9.59 Å². The molecule has 188 valence electrons. The number of anilines is 2. The van der Waals surface area contributed by atoms with Crippen molar-refractivity contribution in [2.75, 3.05) is 43.5 Å². The van der Waals surface area contributed by atoms with Crippen LogP contribution in [0.3, 0.4) is 0 Å². The summed E-state index contributed by atoms with van der Waals surface area (Å²) in [6.07, 6.45) is -4.17. The van der Waals surface area contributed by atoms with Crippen LogP contribution in [0.4, 0.5) is 24.5 Å². The zero-order chi connectivity index (χ0) is 25.7. The molecule has 0 spiro atoms. The van der Waals surface area contributed by atoms with Crippen LogP contribution in [0.2, 0.25) is 0 Å². The average Bonchev–Trinajstić information content (AvgIpc) is 2.89. The number of amides is 2. The molecule has 4 rings (SSSR count). The summed E-state index contributed by atoms with van der Waals surface area (Å²) < 4.78 is 43.9. The Hall–Kier alpha value is -4.01. The molecule has 36 heavy (non-hydrogen) atoms. The van der Waals surface area contributed by atoms with Gasteiger partial charge in [-0.2, -0.15) is 13.2 Å². The fraction of sp³-hybridized carbons (Fsp3) is 0.259. The highest BCUT2D eigenvalue weighted by Crippen LogP contribution is 2.30. The Morgan fingerprint density at radius 1 is 0.917 bits per heavy atom. The molecular weight excluding hydrogens is 471 g/mol. The molecule has 1 saturated heterocycles. The molecular formula is C27H26F3N3O3. The first-order valence-corrected chi connectivity index (χ1v) is 11.5. The minimum Gasteiger partial charge on any atom is -0.497 e. The molecule has 0 saturated carbocycles. The number of piperazine rings is 1. The van der Waals surface area contributed by atoms with Crippen molar-refractivity contribution in [1.29, 1.82) is 0 Å². The minimum atomic E-state index is -4.51. The SMILES string of the molecule is COc1ccc(CC(=O)N2CCN(c3ccc(NC(=O)c4cccc(C(F)(F)F)c4)cc3)CC2)cc1. The van der Waals surface area contributed by atoms with E-state index in [1.165, 1.54) is 12.1 Å². The normalized spacial score (nSPS) is 13.9.